The van der Waals surface area contributed by atoms with Gasteiger partial charge in [0.15, 0.2) is 0 Å². The van der Waals surface area contributed by atoms with Crippen LogP contribution in [0.2, 0.25) is 0 Å². The summed E-state index contributed by atoms with van der Waals surface area (Å²) in [6.45, 7) is 2.84. The lowest BCUT2D eigenvalue weighted by Crippen LogP contribution is -2.46. The van der Waals surface area contributed by atoms with Crippen molar-refractivity contribution in [2.24, 2.45) is 0 Å². The van der Waals surface area contributed by atoms with E-state index in [9.17, 15) is 9.59 Å². The number of amides is 2. The molecule has 5 aromatic rings. The Balaban J connectivity index is 1.39. The molecule has 2 N–H and O–H groups in total. The molecule has 204 valence electrons. The molecule has 1 aliphatic rings. The van der Waals surface area contributed by atoms with E-state index in [4.69, 9.17) is 4.74 Å². The van der Waals surface area contributed by atoms with E-state index in [1.54, 1.807) is 11.1 Å². The largest absolute Gasteiger partial charge is 0.376 e. The summed E-state index contributed by atoms with van der Waals surface area (Å²) in [5.41, 5.74) is 3.14. The number of ether oxygens (including phenoxy) is 1. The second-order valence-corrected chi connectivity index (χ2v) is 10.7. The molecule has 0 unspecified atom stereocenters. The zero-order valence-corrected chi connectivity index (χ0v) is 22.8. The minimum Gasteiger partial charge on any atom is -0.376 e. The first-order valence-corrected chi connectivity index (χ1v) is 14.1. The van der Waals surface area contributed by atoms with E-state index >= 15 is 0 Å². The van der Waals surface area contributed by atoms with Gasteiger partial charge in [-0.15, -0.1) is 21.5 Å². The Morgan fingerprint density at radius 1 is 1.20 bits per heavy atom. The number of anilines is 1. The van der Waals surface area contributed by atoms with Gasteiger partial charge in [-0.05, 0) is 60.2 Å². The molecule has 1 saturated heterocycles. The minimum atomic E-state index is -0.952. The maximum Gasteiger partial charge on any atom is 0.251 e. The molecule has 40 heavy (non-hydrogen) atoms. The summed E-state index contributed by atoms with van der Waals surface area (Å²) < 4.78 is 5.74. The molecule has 1 aliphatic heterocycles. The van der Waals surface area contributed by atoms with Crippen LogP contribution in [-0.4, -0.2) is 56.3 Å². The van der Waals surface area contributed by atoms with Crippen LogP contribution >= 0.6 is 11.3 Å². The number of hydrogen-bond donors (Lipinski definition) is 2. The van der Waals surface area contributed by atoms with Crippen molar-refractivity contribution >= 4 is 39.7 Å². The highest BCUT2D eigenvalue weighted by Gasteiger charge is 2.35. The lowest BCUT2D eigenvalue weighted by atomic mass is 10.0. The zero-order chi connectivity index (χ0) is 27.5. The number of carbonyl (C=O) groups excluding carboxylic acids is 2. The number of H-pyrrole nitrogens is 1. The van der Waals surface area contributed by atoms with Crippen LogP contribution in [0.4, 0.5) is 5.69 Å². The number of nitrogens with zero attached hydrogens (tertiary/aromatic N) is 5. The molecule has 1 fully saturated rings. The van der Waals surface area contributed by atoms with E-state index in [1.807, 2.05) is 73.0 Å². The number of nitrogens with one attached hydrogen (secondary N) is 2. The standard InChI is InChI=1S/C29H29N7O3S/c1-19-7-4-8-20(15-19)36(26(37)18-35-33-28(32-34-35)25-12-6-14-40-25)27(29(38)31-16-21-9-5-13-39-21)23-17-30-24-11-3-2-10-22(23)24/h2-4,6-8,10-12,14-15,17,21,27,30H,5,9,13,16,18H2,1H3,(H,31,38)/t21-,27-/m1/s1. The van der Waals surface area contributed by atoms with Crippen LogP contribution < -0.4 is 10.2 Å². The fourth-order valence-corrected chi connectivity index (χ4v) is 5.71. The smallest absolute Gasteiger partial charge is 0.251 e. The maximum absolute atomic E-state index is 14.1. The normalized spacial score (nSPS) is 15.8. The average Bonchev–Trinajstić information content (AvgIpc) is 3.78. The molecule has 3 aromatic heterocycles. The highest BCUT2D eigenvalue weighted by Crippen LogP contribution is 2.33. The number of thiophene rings is 1. The maximum atomic E-state index is 14.1. The average molecular weight is 556 g/mol. The molecule has 0 radical (unpaired) electrons. The van der Waals surface area contributed by atoms with E-state index in [1.165, 1.54) is 16.1 Å². The Hall–Kier alpha value is -4.35. The van der Waals surface area contributed by atoms with Crippen molar-refractivity contribution in [2.75, 3.05) is 18.1 Å². The van der Waals surface area contributed by atoms with Crippen molar-refractivity contribution in [3.63, 3.8) is 0 Å². The lowest BCUT2D eigenvalue weighted by Gasteiger charge is -2.31. The Morgan fingerprint density at radius 3 is 2.90 bits per heavy atom. The van der Waals surface area contributed by atoms with Crippen LogP contribution in [0.25, 0.3) is 21.6 Å². The van der Waals surface area contributed by atoms with E-state index in [0.29, 0.717) is 30.2 Å². The summed E-state index contributed by atoms with van der Waals surface area (Å²) >= 11 is 1.50. The summed E-state index contributed by atoms with van der Waals surface area (Å²) in [5, 5.41) is 18.5. The Kier molecular flexibility index (Phi) is 7.39. The SMILES string of the molecule is Cc1cccc(N(C(=O)Cn2nnc(-c3cccs3)n2)[C@@H](C(=O)NC[C@H]2CCCO2)c2c[nH]c3ccccc23)c1. The molecule has 0 saturated carbocycles. The molecule has 0 aliphatic carbocycles. The first kappa shape index (κ1) is 25.9. The summed E-state index contributed by atoms with van der Waals surface area (Å²) in [7, 11) is 0. The topological polar surface area (TPSA) is 118 Å². The van der Waals surface area contributed by atoms with Gasteiger partial charge in [-0.3, -0.25) is 14.5 Å². The number of aryl methyl sites for hydroxylation is 1. The zero-order valence-electron chi connectivity index (χ0n) is 22.0. The highest BCUT2D eigenvalue weighted by atomic mass is 32.1. The molecular weight excluding hydrogens is 526 g/mol. The minimum absolute atomic E-state index is 0.0364. The molecule has 4 heterocycles. The fraction of sp³-hybridized carbons (Fsp3) is 0.276. The first-order valence-electron chi connectivity index (χ1n) is 13.2. The second kappa shape index (κ2) is 11.4. The fourth-order valence-electron chi connectivity index (χ4n) is 5.06. The van der Waals surface area contributed by atoms with Crippen LogP contribution in [-0.2, 0) is 20.9 Å². The monoisotopic (exact) mass is 555 g/mol. The summed E-state index contributed by atoms with van der Waals surface area (Å²) in [5.74, 6) is -0.184. The van der Waals surface area contributed by atoms with E-state index in [-0.39, 0.29) is 24.5 Å². The summed E-state index contributed by atoms with van der Waals surface area (Å²) in [6.07, 6.45) is 3.63. The number of hydrogen-bond acceptors (Lipinski definition) is 7. The molecule has 0 bridgehead atoms. The van der Waals surface area contributed by atoms with Crippen molar-refractivity contribution in [1.29, 1.82) is 0 Å². The van der Waals surface area contributed by atoms with Gasteiger partial charge in [0.25, 0.3) is 5.91 Å². The summed E-state index contributed by atoms with van der Waals surface area (Å²) in [6, 6.07) is 18.2. The molecule has 2 amide bonds. The second-order valence-electron chi connectivity index (χ2n) is 9.80. The number of aromatic nitrogens is 5. The van der Waals surface area contributed by atoms with Crippen molar-refractivity contribution in [2.45, 2.75) is 38.5 Å². The van der Waals surface area contributed by atoms with Gasteiger partial charge >= 0.3 is 0 Å². The Morgan fingerprint density at radius 2 is 2.10 bits per heavy atom. The van der Waals surface area contributed by atoms with Crippen LogP contribution in [0, 0.1) is 6.92 Å². The van der Waals surface area contributed by atoms with E-state index in [2.05, 4.69) is 25.7 Å². The third kappa shape index (κ3) is 5.38. The molecule has 6 rings (SSSR count). The number of aromatic amines is 1. The third-order valence-electron chi connectivity index (χ3n) is 6.97. The van der Waals surface area contributed by atoms with Crippen molar-refractivity contribution < 1.29 is 14.3 Å². The number of rotatable bonds is 9. The van der Waals surface area contributed by atoms with Crippen LogP contribution in [0.1, 0.15) is 30.0 Å². The van der Waals surface area contributed by atoms with Gasteiger partial charge in [0.2, 0.25) is 11.7 Å². The number of carbonyl (C=O) groups is 2. The van der Waals surface area contributed by atoms with Crippen LogP contribution in [0.15, 0.2) is 72.2 Å². The highest BCUT2D eigenvalue weighted by molar-refractivity contribution is 7.13. The van der Waals surface area contributed by atoms with Crippen molar-refractivity contribution in [3.8, 4) is 10.7 Å². The predicted octanol–water partition coefficient (Wildman–Crippen LogP) is 4.26. The van der Waals surface area contributed by atoms with Gasteiger partial charge in [0.05, 0.1) is 11.0 Å². The van der Waals surface area contributed by atoms with E-state index < -0.39 is 6.04 Å². The van der Waals surface area contributed by atoms with Gasteiger partial charge in [0.1, 0.15) is 12.6 Å². The van der Waals surface area contributed by atoms with Gasteiger partial charge in [-0.1, -0.05) is 36.4 Å². The number of fused-ring (bicyclic) bond motifs is 1. The molecule has 2 atom stereocenters. The number of para-hydroxylation sites is 1. The molecule has 10 nitrogen and oxygen atoms in total. The van der Waals surface area contributed by atoms with Gasteiger partial charge < -0.3 is 15.0 Å². The quantitative estimate of drug-likeness (QED) is 0.281. The molecule has 11 heteroatoms. The van der Waals surface area contributed by atoms with Crippen LogP contribution in [0.3, 0.4) is 0 Å². The first-order chi connectivity index (χ1) is 19.6. The number of benzene rings is 2. The van der Waals surface area contributed by atoms with Crippen molar-refractivity contribution in [3.05, 3.63) is 83.4 Å². The Bertz CT molecular complexity index is 1620. The lowest BCUT2D eigenvalue weighted by molar-refractivity contribution is -0.127. The van der Waals surface area contributed by atoms with Crippen molar-refractivity contribution in [1.82, 2.24) is 30.5 Å². The van der Waals surface area contributed by atoms with E-state index in [0.717, 1.165) is 34.2 Å². The van der Waals surface area contributed by atoms with Gasteiger partial charge in [-0.25, -0.2) is 0 Å². The molecule has 2 aromatic carbocycles. The predicted molar refractivity (Wildman–Crippen MR) is 153 cm³/mol. The van der Waals surface area contributed by atoms with Crippen LogP contribution in [0.5, 0.6) is 0 Å². The Labute approximate surface area is 235 Å². The third-order valence-corrected chi connectivity index (χ3v) is 7.84. The number of tetrazole rings is 1. The summed E-state index contributed by atoms with van der Waals surface area (Å²) in [4.78, 5) is 35.1. The van der Waals surface area contributed by atoms with Gasteiger partial charge in [-0.2, -0.15) is 4.80 Å². The van der Waals surface area contributed by atoms with Gasteiger partial charge in [0, 0.05) is 41.5 Å². The molecule has 0 spiro atoms. The molecular formula is C29H29N7O3S.